The van der Waals surface area contributed by atoms with Crippen LogP contribution < -0.4 is 5.32 Å². The number of amides is 1. The van der Waals surface area contributed by atoms with Gasteiger partial charge in [0.15, 0.2) is 6.61 Å². The first-order valence-corrected chi connectivity index (χ1v) is 12.5. The van der Waals surface area contributed by atoms with Crippen molar-refractivity contribution in [3.05, 3.63) is 51.7 Å². The number of carbonyl (C=O) groups is 2. The maximum Gasteiger partial charge on any atom is 0.331 e. The van der Waals surface area contributed by atoms with E-state index in [9.17, 15) is 18.0 Å². The number of carbonyl (C=O) groups excluding carboxylic acids is 2. The summed E-state index contributed by atoms with van der Waals surface area (Å²) in [4.78, 5) is 24.9. The summed E-state index contributed by atoms with van der Waals surface area (Å²) >= 11 is 7.60. The van der Waals surface area contributed by atoms with Crippen LogP contribution >= 0.6 is 22.9 Å². The van der Waals surface area contributed by atoms with E-state index in [-0.39, 0.29) is 15.6 Å². The number of thiophene rings is 1. The number of hydrogen-bond acceptors (Lipinski definition) is 6. The second-order valence-electron chi connectivity index (χ2n) is 6.96. The van der Waals surface area contributed by atoms with E-state index in [4.69, 9.17) is 16.3 Å². The van der Waals surface area contributed by atoms with Gasteiger partial charge in [-0.25, -0.2) is 13.2 Å². The molecule has 1 amide bonds. The van der Waals surface area contributed by atoms with Gasteiger partial charge in [-0.2, -0.15) is 4.31 Å². The van der Waals surface area contributed by atoms with Crippen LogP contribution in [0.5, 0.6) is 0 Å². The van der Waals surface area contributed by atoms with Crippen LogP contribution in [0.4, 0.5) is 5.69 Å². The van der Waals surface area contributed by atoms with Crippen molar-refractivity contribution < 1.29 is 22.7 Å². The number of nitrogens with one attached hydrogen (secondary N) is 1. The molecule has 3 rings (SSSR count). The van der Waals surface area contributed by atoms with Gasteiger partial charge in [0.25, 0.3) is 5.91 Å². The molecule has 1 N–H and O–H groups in total. The summed E-state index contributed by atoms with van der Waals surface area (Å²) in [6.45, 7) is 0.427. The highest BCUT2D eigenvalue weighted by molar-refractivity contribution is 7.89. The summed E-state index contributed by atoms with van der Waals surface area (Å²) in [7, 11) is -3.69. The summed E-state index contributed by atoms with van der Waals surface area (Å²) in [5, 5.41) is 4.58. The molecule has 0 saturated carbocycles. The molecule has 10 heteroatoms. The smallest absolute Gasteiger partial charge is 0.331 e. The Kier molecular flexibility index (Phi) is 8.25. The van der Waals surface area contributed by atoms with E-state index >= 15 is 0 Å². The Balaban J connectivity index is 1.62. The molecule has 7 nitrogen and oxygen atoms in total. The molecule has 2 heterocycles. The summed E-state index contributed by atoms with van der Waals surface area (Å²) in [6, 6.07) is 7.88. The highest BCUT2D eigenvalue weighted by atomic mass is 35.5. The Morgan fingerprint density at radius 2 is 1.90 bits per heavy atom. The lowest BCUT2D eigenvalue weighted by Crippen LogP contribution is -2.32. The second kappa shape index (κ2) is 10.9. The van der Waals surface area contributed by atoms with E-state index in [1.165, 1.54) is 39.9 Å². The second-order valence-corrected chi connectivity index (χ2v) is 10.3. The monoisotopic (exact) mass is 482 g/mol. The fourth-order valence-corrected chi connectivity index (χ4v) is 5.43. The van der Waals surface area contributed by atoms with Gasteiger partial charge in [0.1, 0.15) is 0 Å². The van der Waals surface area contributed by atoms with Crippen molar-refractivity contribution >= 4 is 56.6 Å². The van der Waals surface area contributed by atoms with E-state index in [1.807, 2.05) is 17.5 Å². The van der Waals surface area contributed by atoms with E-state index in [1.54, 1.807) is 6.08 Å². The molecule has 31 heavy (non-hydrogen) atoms. The number of sulfonamides is 1. The predicted molar refractivity (Wildman–Crippen MR) is 122 cm³/mol. The number of esters is 1. The first-order valence-electron chi connectivity index (χ1n) is 9.84. The zero-order valence-electron chi connectivity index (χ0n) is 16.8. The van der Waals surface area contributed by atoms with Crippen LogP contribution in [0.15, 0.2) is 46.7 Å². The fourth-order valence-electron chi connectivity index (χ4n) is 3.10. The molecule has 166 valence electrons. The highest BCUT2D eigenvalue weighted by Crippen LogP contribution is 2.28. The zero-order chi connectivity index (χ0) is 22.3. The lowest BCUT2D eigenvalue weighted by atomic mass is 10.2. The summed E-state index contributed by atoms with van der Waals surface area (Å²) in [5.74, 6) is -1.28. The Labute approximate surface area is 190 Å². The summed E-state index contributed by atoms with van der Waals surface area (Å²) in [6.07, 6.45) is 6.50. The van der Waals surface area contributed by atoms with Gasteiger partial charge in [0.2, 0.25) is 10.0 Å². The van der Waals surface area contributed by atoms with E-state index < -0.39 is 28.5 Å². The lowest BCUT2D eigenvalue weighted by molar-refractivity contribution is -0.142. The molecule has 0 radical (unpaired) electrons. The Hall–Kier alpha value is -2.20. The zero-order valence-corrected chi connectivity index (χ0v) is 19.1. The van der Waals surface area contributed by atoms with Crippen LogP contribution in [0.1, 0.15) is 30.6 Å². The van der Waals surface area contributed by atoms with Gasteiger partial charge in [0.05, 0.1) is 15.6 Å². The van der Waals surface area contributed by atoms with Gasteiger partial charge in [-0.15, -0.1) is 11.3 Å². The van der Waals surface area contributed by atoms with E-state index in [0.717, 1.165) is 30.6 Å². The average molecular weight is 483 g/mol. The molecule has 1 fully saturated rings. The van der Waals surface area contributed by atoms with Crippen LogP contribution in [0.2, 0.25) is 5.02 Å². The minimum Gasteiger partial charge on any atom is -0.452 e. The highest BCUT2D eigenvalue weighted by Gasteiger charge is 2.26. The molecule has 1 aromatic heterocycles. The average Bonchev–Trinajstić information content (AvgIpc) is 3.11. The molecule has 2 aromatic rings. The first kappa shape index (κ1) is 23.5. The molecule has 0 aliphatic carbocycles. The van der Waals surface area contributed by atoms with Crippen molar-refractivity contribution in [2.45, 2.75) is 30.6 Å². The summed E-state index contributed by atoms with van der Waals surface area (Å²) < 4.78 is 32.3. The molecule has 0 atom stereocenters. The minimum absolute atomic E-state index is 0.0602. The van der Waals surface area contributed by atoms with Crippen LogP contribution in [0, 0.1) is 0 Å². The number of halogens is 1. The van der Waals surface area contributed by atoms with Gasteiger partial charge in [-0.3, -0.25) is 4.79 Å². The number of rotatable bonds is 7. The van der Waals surface area contributed by atoms with Crippen molar-refractivity contribution in [2.75, 3.05) is 25.0 Å². The van der Waals surface area contributed by atoms with Crippen LogP contribution in [0.25, 0.3) is 6.08 Å². The lowest BCUT2D eigenvalue weighted by Gasteiger charge is -2.20. The first-order chi connectivity index (χ1) is 14.9. The third kappa shape index (κ3) is 6.64. The number of nitrogens with zero attached hydrogens (tertiary/aromatic N) is 1. The van der Waals surface area contributed by atoms with Gasteiger partial charge < -0.3 is 10.1 Å². The normalized spacial score (nSPS) is 15.5. The Bertz CT molecular complexity index is 1040. The Morgan fingerprint density at radius 1 is 1.16 bits per heavy atom. The topological polar surface area (TPSA) is 92.8 Å². The molecule has 1 aliphatic heterocycles. The van der Waals surface area contributed by atoms with Gasteiger partial charge in [0, 0.05) is 24.0 Å². The quantitative estimate of drug-likeness (QED) is 0.472. The molecular formula is C21H23ClN2O5S2. The summed E-state index contributed by atoms with van der Waals surface area (Å²) in [5.41, 5.74) is 0.146. The number of hydrogen-bond donors (Lipinski definition) is 1. The fraction of sp³-hybridized carbons (Fsp3) is 0.333. The third-order valence-electron chi connectivity index (χ3n) is 4.69. The van der Waals surface area contributed by atoms with Crippen molar-refractivity contribution in [1.82, 2.24) is 4.31 Å². The molecule has 1 saturated heterocycles. The molecular weight excluding hydrogens is 460 g/mol. The Morgan fingerprint density at radius 3 is 2.58 bits per heavy atom. The predicted octanol–water partition coefficient (Wildman–Crippen LogP) is 4.16. The third-order valence-corrected chi connectivity index (χ3v) is 7.75. The SMILES string of the molecule is O=C(COC(=O)/C=C/c1cccs1)Nc1cc(S(=O)(=O)N2CCCCCC2)ccc1Cl. The van der Waals surface area contributed by atoms with Crippen molar-refractivity contribution in [2.24, 2.45) is 0 Å². The van der Waals surface area contributed by atoms with E-state index in [0.29, 0.717) is 13.1 Å². The maximum absolute atomic E-state index is 13.0. The maximum atomic E-state index is 13.0. The van der Waals surface area contributed by atoms with Crippen molar-refractivity contribution in [3.8, 4) is 0 Å². The van der Waals surface area contributed by atoms with Crippen molar-refractivity contribution in [1.29, 1.82) is 0 Å². The minimum atomic E-state index is -3.69. The van der Waals surface area contributed by atoms with Gasteiger partial charge in [-0.1, -0.05) is 30.5 Å². The van der Waals surface area contributed by atoms with Crippen LogP contribution in [0.3, 0.4) is 0 Å². The van der Waals surface area contributed by atoms with Crippen molar-refractivity contribution in [3.63, 3.8) is 0 Å². The van der Waals surface area contributed by atoms with Crippen LogP contribution in [-0.2, 0) is 24.3 Å². The standard InChI is InChI=1S/C21H23ClN2O5S2/c22-18-9-8-17(31(27,28)24-11-3-1-2-4-12-24)14-19(18)23-20(25)15-29-21(26)10-7-16-6-5-13-30-16/h5-10,13-14H,1-4,11-12,15H2,(H,23,25)/b10-7+. The number of benzene rings is 1. The molecule has 0 unspecified atom stereocenters. The molecule has 1 aromatic carbocycles. The molecule has 0 bridgehead atoms. The van der Waals surface area contributed by atoms with E-state index in [2.05, 4.69) is 5.32 Å². The van der Waals surface area contributed by atoms with Gasteiger partial charge >= 0.3 is 5.97 Å². The van der Waals surface area contributed by atoms with Gasteiger partial charge in [-0.05, 0) is 48.6 Å². The molecule has 1 aliphatic rings. The largest absolute Gasteiger partial charge is 0.452 e. The molecule has 0 spiro atoms. The number of anilines is 1. The van der Waals surface area contributed by atoms with Crippen LogP contribution in [-0.4, -0.2) is 44.3 Å². The number of ether oxygens (including phenoxy) is 1.